The Balaban J connectivity index is 2.11. The maximum absolute atomic E-state index is 12.4. The van der Waals surface area contributed by atoms with Gasteiger partial charge in [-0.2, -0.15) is 0 Å². The molecule has 1 nitrogen and oxygen atoms in total. The number of rotatable bonds is 3. The molecule has 1 unspecified atom stereocenters. The second-order valence-corrected chi connectivity index (χ2v) is 3.13. The molecule has 0 aromatic carbocycles. The molecule has 2 heteroatoms. The fourth-order valence-corrected chi connectivity index (χ4v) is 1.25. The van der Waals surface area contributed by atoms with E-state index in [4.69, 9.17) is 0 Å². The summed E-state index contributed by atoms with van der Waals surface area (Å²) in [4.78, 5) is 2.29. The minimum Gasteiger partial charge on any atom is -0.299 e. The molecule has 0 aliphatic carbocycles. The number of halogens is 1. The van der Waals surface area contributed by atoms with Crippen molar-refractivity contribution in [2.45, 2.75) is 25.9 Å². The topological polar surface area (TPSA) is 3.24 Å². The van der Waals surface area contributed by atoms with Crippen molar-refractivity contribution >= 4 is 0 Å². The summed E-state index contributed by atoms with van der Waals surface area (Å²) in [5, 5.41) is 0. The van der Waals surface area contributed by atoms with Crippen LogP contribution in [0, 0.1) is 0 Å². The first-order valence-corrected chi connectivity index (χ1v) is 4.30. The van der Waals surface area contributed by atoms with E-state index in [2.05, 4.69) is 17.1 Å². The van der Waals surface area contributed by atoms with Crippen LogP contribution < -0.4 is 0 Å². The van der Waals surface area contributed by atoms with Gasteiger partial charge in [-0.1, -0.05) is 12.2 Å². The van der Waals surface area contributed by atoms with Crippen LogP contribution >= 0.6 is 0 Å². The normalized spacial score (nSPS) is 22.0. The van der Waals surface area contributed by atoms with E-state index in [1.165, 1.54) is 0 Å². The van der Waals surface area contributed by atoms with E-state index in [1.807, 2.05) is 0 Å². The van der Waals surface area contributed by atoms with Crippen LogP contribution in [0.25, 0.3) is 0 Å². The van der Waals surface area contributed by atoms with Crippen molar-refractivity contribution in [1.29, 1.82) is 0 Å². The highest BCUT2D eigenvalue weighted by atomic mass is 19.1. The van der Waals surface area contributed by atoms with Gasteiger partial charge in [-0.15, -0.1) is 0 Å². The van der Waals surface area contributed by atoms with Crippen molar-refractivity contribution in [3.63, 3.8) is 0 Å². The van der Waals surface area contributed by atoms with Crippen molar-refractivity contribution in [2.75, 3.05) is 19.6 Å². The Morgan fingerprint density at radius 2 is 2.36 bits per heavy atom. The van der Waals surface area contributed by atoms with Crippen LogP contribution in [-0.4, -0.2) is 30.7 Å². The van der Waals surface area contributed by atoms with Crippen molar-refractivity contribution in [2.24, 2.45) is 0 Å². The Kier molecular flexibility index (Phi) is 3.57. The molecule has 0 radical (unpaired) electrons. The first-order valence-electron chi connectivity index (χ1n) is 4.30. The van der Waals surface area contributed by atoms with Crippen LogP contribution in [-0.2, 0) is 0 Å². The predicted molar refractivity (Wildman–Crippen MR) is 45.4 cm³/mol. The Morgan fingerprint density at radius 3 is 2.91 bits per heavy atom. The minimum atomic E-state index is -0.652. The molecule has 1 aliphatic rings. The number of alkyl halides is 1. The molecule has 0 aromatic rings. The van der Waals surface area contributed by atoms with Crippen molar-refractivity contribution < 1.29 is 4.39 Å². The molecule has 1 heterocycles. The van der Waals surface area contributed by atoms with Gasteiger partial charge in [-0.3, -0.25) is 4.90 Å². The second-order valence-electron chi connectivity index (χ2n) is 3.13. The third-order valence-electron chi connectivity index (χ3n) is 1.99. The summed E-state index contributed by atoms with van der Waals surface area (Å²) in [5.74, 6) is 0. The van der Waals surface area contributed by atoms with E-state index in [1.54, 1.807) is 6.92 Å². The highest BCUT2D eigenvalue weighted by Crippen LogP contribution is 2.04. The molecule has 0 fully saturated rings. The summed E-state index contributed by atoms with van der Waals surface area (Å²) in [7, 11) is 0. The maximum Gasteiger partial charge on any atom is 0.0985 e. The third-order valence-corrected chi connectivity index (χ3v) is 1.99. The van der Waals surface area contributed by atoms with Gasteiger partial charge in [0.05, 0.1) is 6.17 Å². The SMILES string of the molecule is CC(F)CCN1CC=CCC1. The van der Waals surface area contributed by atoms with E-state index in [-0.39, 0.29) is 0 Å². The predicted octanol–water partition coefficient (Wildman–Crippen LogP) is 2.00. The van der Waals surface area contributed by atoms with Crippen molar-refractivity contribution in [1.82, 2.24) is 4.90 Å². The van der Waals surface area contributed by atoms with Crippen LogP contribution in [0.15, 0.2) is 12.2 Å². The monoisotopic (exact) mass is 157 g/mol. The summed E-state index contributed by atoms with van der Waals surface area (Å²) < 4.78 is 12.4. The molecule has 1 aliphatic heterocycles. The average Bonchev–Trinajstić information content (AvgIpc) is 2.03. The summed E-state index contributed by atoms with van der Waals surface area (Å²) in [6.45, 7) is 4.64. The largest absolute Gasteiger partial charge is 0.299 e. The van der Waals surface area contributed by atoms with E-state index in [9.17, 15) is 4.39 Å². The molecule has 0 bridgehead atoms. The molecule has 0 N–H and O–H groups in total. The van der Waals surface area contributed by atoms with Crippen LogP contribution in [0.3, 0.4) is 0 Å². The molecule has 64 valence electrons. The van der Waals surface area contributed by atoms with Gasteiger partial charge in [0.25, 0.3) is 0 Å². The van der Waals surface area contributed by atoms with Crippen molar-refractivity contribution in [3.05, 3.63) is 12.2 Å². The molecule has 0 amide bonds. The first kappa shape index (κ1) is 8.72. The zero-order chi connectivity index (χ0) is 8.10. The number of nitrogens with zero attached hydrogens (tertiary/aromatic N) is 1. The highest BCUT2D eigenvalue weighted by molar-refractivity contribution is 4.90. The summed E-state index contributed by atoms with van der Waals surface area (Å²) in [6.07, 6.45) is 5.50. The fraction of sp³-hybridized carbons (Fsp3) is 0.778. The van der Waals surface area contributed by atoms with Gasteiger partial charge in [0.1, 0.15) is 0 Å². The zero-order valence-corrected chi connectivity index (χ0v) is 7.09. The molecule has 0 spiro atoms. The lowest BCUT2D eigenvalue weighted by atomic mass is 10.2. The molecular formula is C9H16FN. The van der Waals surface area contributed by atoms with Gasteiger partial charge < -0.3 is 0 Å². The smallest absolute Gasteiger partial charge is 0.0985 e. The maximum atomic E-state index is 12.4. The average molecular weight is 157 g/mol. The molecule has 11 heavy (non-hydrogen) atoms. The summed E-state index contributed by atoms with van der Waals surface area (Å²) in [5.41, 5.74) is 0. The van der Waals surface area contributed by atoms with Crippen LogP contribution in [0.1, 0.15) is 19.8 Å². The number of hydrogen-bond acceptors (Lipinski definition) is 1. The van der Waals surface area contributed by atoms with E-state index >= 15 is 0 Å². The van der Waals surface area contributed by atoms with Gasteiger partial charge >= 0.3 is 0 Å². The Bertz CT molecular complexity index is 132. The summed E-state index contributed by atoms with van der Waals surface area (Å²) in [6, 6.07) is 0. The van der Waals surface area contributed by atoms with E-state index < -0.39 is 6.17 Å². The molecule has 1 rings (SSSR count). The van der Waals surface area contributed by atoms with Crippen LogP contribution in [0.2, 0.25) is 0 Å². The molecule has 0 aromatic heterocycles. The number of hydrogen-bond donors (Lipinski definition) is 0. The second kappa shape index (κ2) is 4.50. The quantitative estimate of drug-likeness (QED) is 0.566. The van der Waals surface area contributed by atoms with E-state index in [0.29, 0.717) is 6.42 Å². The minimum absolute atomic E-state index is 0.652. The first-order chi connectivity index (χ1) is 5.29. The lowest BCUT2D eigenvalue weighted by Gasteiger charge is -2.22. The van der Waals surface area contributed by atoms with Gasteiger partial charge in [0.2, 0.25) is 0 Å². The Labute approximate surface area is 67.9 Å². The van der Waals surface area contributed by atoms with E-state index in [0.717, 1.165) is 26.1 Å². The standard InChI is InChI=1S/C9H16FN/c1-9(10)5-8-11-6-3-2-4-7-11/h2-3,9H,4-8H2,1H3. The van der Waals surface area contributed by atoms with Crippen LogP contribution in [0.5, 0.6) is 0 Å². The molecule has 1 atom stereocenters. The summed E-state index contributed by atoms with van der Waals surface area (Å²) >= 11 is 0. The van der Waals surface area contributed by atoms with Gasteiger partial charge in [-0.25, -0.2) is 4.39 Å². The Hall–Kier alpha value is -0.370. The third kappa shape index (κ3) is 3.51. The zero-order valence-electron chi connectivity index (χ0n) is 7.09. The molecule has 0 saturated heterocycles. The van der Waals surface area contributed by atoms with Gasteiger partial charge in [0, 0.05) is 19.6 Å². The van der Waals surface area contributed by atoms with Crippen LogP contribution in [0.4, 0.5) is 4.39 Å². The lowest BCUT2D eigenvalue weighted by molar-refractivity contribution is 0.246. The molecular weight excluding hydrogens is 141 g/mol. The Morgan fingerprint density at radius 1 is 1.55 bits per heavy atom. The molecule has 0 saturated carbocycles. The van der Waals surface area contributed by atoms with Gasteiger partial charge in [-0.05, 0) is 19.8 Å². The van der Waals surface area contributed by atoms with Gasteiger partial charge in [0.15, 0.2) is 0 Å². The lowest BCUT2D eigenvalue weighted by Crippen LogP contribution is -2.29. The fourth-order valence-electron chi connectivity index (χ4n) is 1.25. The van der Waals surface area contributed by atoms with Crippen molar-refractivity contribution in [3.8, 4) is 0 Å². The highest BCUT2D eigenvalue weighted by Gasteiger charge is 2.06.